The summed E-state index contributed by atoms with van der Waals surface area (Å²) in [6.45, 7) is 4.06. The maximum atomic E-state index is 13.0. The quantitative estimate of drug-likeness (QED) is 0.721. The van der Waals surface area contributed by atoms with Crippen LogP contribution in [0.15, 0.2) is 54.7 Å². The fourth-order valence-electron chi connectivity index (χ4n) is 2.53. The summed E-state index contributed by atoms with van der Waals surface area (Å²) >= 11 is 0. The van der Waals surface area contributed by atoms with Gasteiger partial charge in [-0.15, -0.1) is 0 Å². The van der Waals surface area contributed by atoms with Crippen molar-refractivity contribution in [1.82, 2.24) is 4.98 Å². The molecule has 2 aromatic carbocycles. The Labute approximate surface area is 150 Å². The summed E-state index contributed by atoms with van der Waals surface area (Å²) in [5.41, 5.74) is 1.30. The molecule has 0 saturated carbocycles. The van der Waals surface area contributed by atoms with Crippen molar-refractivity contribution in [3.05, 3.63) is 60.5 Å². The van der Waals surface area contributed by atoms with E-state index in [1.165, 1.54) is 24.3 Å². The van der Waals surface area contributed by atoms with E-state index in [2.05, 4.69) is 10.3 Å². The highest BCUT2D eigenvalue weighted by molar-refractivity contribution is 6.04. The van der Waals surface area contributed by atoms with Crippen LogP contribution >= 0.6 is 0 Å². The van der Waals surface area contributed by atoms with Crippen molar-refractivity contribution < 1.29 is 18.7 Å². The Kier molecular flexibility index (Phi) is 5.31. The molecule has 0 aliphatic heterocycles. The van der Waals surface area contributed by atoms with Gasteiger partial charge in [-0.2, -0.15) is 0 Å². The molecule has 3 rings (SSSR count). The zero-order valence-corrected chi connectivity index (χ0v) is 14.5. The van der Waals surface area contributed by atoms with Crippen molar-refractivity contribution in [2.75, 3.05) is 11.9 Å². The number of ether oxygens (including phenoxy) is 2. The van der Waals surface area contributed by atoms with E-state index in [1.807, 2.05) is 13.0 Å². The fourth-order valence-corrected chi connectivity index (χ4v) is 2.53. The van der Waals surface area contributed by atoms with E-state index < -0.39 is 6.10 Å². The van der Waals surface area contributed by atoms with Gasteiger partial charge < -0.3 is 14.8 Å². The molecule has 3 aromatic rings. The van der Waals surface area contributed by atoms with Gasteiger partial charge in [0.1, 0.15) is 22.8 Å². The SMILES string of the molecule is CCOc1ccc(NC(=O)[C@H](C)Oc2ccc(F)cc2)c2cccnc12. The second-order valence-electron chi connectivity index (χ2n) is 5.65. The van der Waals surface area contributed by atoms with Gasteiger partial charge >= 0.3 is 0 Å². The minimum absolute atomic E-state index is 0.316. The highest BCUT2D eigenvalue weighted by Crippen LogP contribution is 2.30. The third-order valence-electron chi connectivity index (χ3n) is 3.79. The molecule has 0 aliphatic rings. The van der Waals surface area contributed by atoms with Crippen LogP contribution in [0.3, 0.4) is 0 Å². The molecule has 0 radical (unpaired) electrons. The second kappa shape index (κ2) is 7.82. The van der Waals surface area contributed by atoms with Crippen LogP contribution in [-0.4, -0.2) is 23.6 Å². The van der Waals surface area contributed by atoms with Gasteiger partial charge in [0.05, 0.1) is 12.3 Å². The van der Waals surface area contributed by atoms with Crippen molar-refractivity contribution in [3.63, 3.8) is 0 Å². The highest BCUT2D eigenvalue weighted by Gasteiger charge is 2.17. The minimum Gasteiger partial charge on any atom is -0.492 e. The zero-order chi connectivity index (χ0) is 18.5. The summed E-state index contributed by atoms with van der Waals surface area (Å²) in [7, 11) is 0. The van der Waals surface area contributed by atoms with Crippen LogP contribution in [0.5, 0.6) is 11.5 Å². The average molecular weight is 354 g/mol. The summed E-state index contributed by atoms with van der Waals surface area (Å²) in [5, 5.41) is 3.63. The Morgan fingerprint density at radius 3 is 2.69 bits per heavy atom. The standard InChI is InChI=1S/C20H19FN2O3/c1-3-25-18-11-10-17(16-5-4-12-22-19(16)18)23-20(24)13(2)26-15-8-6-14(21)7-9-15/h4-13H,3H2,1-2H3,(H,23,24)/t13-/m0/s1. The molecule has 1 atom stereocenters. The molecule has 1 amide bonds. The molecular formula is C20H19FN2O3. The molecule has 26 heavy (non-hydrogen) atoms. The lowest BCUT2D eigenvalue weighted by atomic mass is 10.1. The van der Waals surface area contributed by atoms with Crippen molar-refractivity contribution in [2.45, 2.75) is 20.0 Å². The van der Waals surface area contributed by atoms with Crippen molar-refractivity contribution >= 4 is 22.5 Å². The van der Waals surface area contributed by atoms with Gasteiger partial charge in [0.2, 0.25) is 0 Å². The molecule has 0 spiro atoms. The predicted molar refractivity (Wildman–Crippen MR) is 98.0 cm³/mol. The topological polar surface area (TPSA) is 60.5 Å². The lowest BCUT2D eigenvalue weighted by molar-refractivity contribution is -0.122. The van der Waals surface area contributed by atoms with E-state index in [9.17, 15) is 9.18 Å². The molecule has 1 N–H and O–H groups in total. The first kappa shape index (κ1) is 17.7. The molecule has 134 valence electrons. The maximum Gasteiger partial charge on any atom is 0.265 e. The van der Waals surface area contributed by atoms with E-state index in [0.29, 0.717) is 29.3 Å². The van der Waals surface area contributed by atoms with Crippen LogP contribution in [0.1, 0.15) is 13.8 Å². The number of carbonyl (C=O) groups is 1. The first-order valence-electron chi connectivity index (χ1n) is 8.32. The number of nitrogens with one attached hydrogen (secondary N) is 1. The Bertz CT molecular complexity index is 913. The van der Waals surface area contributed by atoms with E-state index >= 15 is 0 Å². The summed E-state index contributed by atoms with van der Waals surface area (Å²) in [6.07, 6.45) is 0.926. The normalized spacial score (nSPS) is 11.8. The Hall–Kier alpha value is -3.15. The monoisotopic (exact) mass is 354 g/mol. The molecule has 0 aliphatic carbocycles. The minimum atomic E-state index is -0.751. The van der Waals surface area contributed by atoms with Crippen LogP contribution in [0.4, 0.5) is 10.1 Å². The number of benzene rings is 2. The van der Waals surface area contributed by atoms with Crippen LogP contribution in [0.25, 0.3) is 10.9 Å². The fraction of sp³-hybridized carbons (Fsp3) is 0.200. The number of hydrogen-bond donors (Lipinski definition) is 1. The average Bonchev–Trinajstić information content (AvgIpc) is 2.65. The number of pyridine rings is 1. The molecule has 1 aromatic heterocycles. The lowest BCUT2D eigenvalue weighted by Gasteiger charge is -2.16. The molecule has 0 bridgehead atoms. The van der Waals surface area contributed by atoms with Gasteiger partial charge in [-0.25, -0.2) is 4.39 Å². The van der Waals surface area contributed by atoms with Crippen LogP contribution < -0.4 is 14.8 Å². The summed E-state index contributed by atoms with van der Waals surface area (Å²) in [6, 6.07) is 12.7. The van der Waals surface area contributed by atoms with Crippen molar-refractivity contribution in [1.29, 1.82) is 0 Å². The summed E-state index contributed by atoms with van der Waals surface area (Å²) in [4.78, 5) is 16.8. The molecular weight excluding hydrogens is 335 g/mol. The lowest BCUT2D eigenvalue weighted by Crippen LogP contribution is -2.30. The summed E-state index contributed by atoms with van der Waals surface area (Å²) in [5.74, 6) is 0.412. The van der Waals surface area contributed by atoms with Gasteiger partial charge in [-0.3, -0.25) is 9.78 Å². The van der Waals surface area contributed by atoms with Crippen LogP contribution in [0.2, 0.25) is 0 Å². The van der Waals surface area contributed by atoms with Gasteiger partial charge in [0.15, 0.2) is 6.10 Å². The number of anilines is 1. The maximum absolute atomic E-state index is 13.0. The number of fused-ring (bicyclic) bond motifs is 1. The number of carbonyl (C=O) groups excluding carboxylic acids is 1. The number of halogens is 1. The molecule has 0 unspecified atom stereocenters. The van der Waals surface area contributed by atoms with E-state index in [1.54, 1.807) is 31.3 Å². The Balaban J connectivity index is 1.78. The number of aromatic nitrogens is 1. The first-order valence-corrected chi connectivity index (χ1v) is 8.32. The first-order chi connectivity index (χ1) is 12.6. The van der Waals surface area contributed by atoms with E-state index in [4.69, 9.17) is 9.47 Å². The molecule has 5 nitrogen and oxygen atoms in total. The number of rotatable bonds is 6. The number of hydrogen-bond acceptors (Lipinski definition) is 4. The van der Waals surface area contributed by atoms with E-state index in [-0.39, 0.29) is 11.7 Å². The van der Waals surface area contributed by atoms with Crippen LogP contribution in [0, 0.1) is 5.82 Å². The summed E-state index contributed by atoms with van der Waals surface area (Å²) < 4.78 is 24.1. The molecule has 6 heteroatoms. The highest BCUT2D eigenvalue weighted by atomic mass is 19.1. The molecule has 0 fully saturated rings. The molecule has 1 heterocycles. The molecule has 0 saturated heterocycles. The largest absolute Gasteiger partial charge is 0.492 e. The number of nitrogens with zero attached hydrogens (tertiary/aromatic N) is 1. The van der Waals surface area contributed by atoms with E-state index in [0.717, 1.165) is 5.39 Å². The van der Waals surface area contributed by atoms with Gasteiger partial charge in [-0.05, 0) is 62.4 Å². The van der Waals surface area contributed by atoms with Gasteiger partial charge in [0, 0.05) is 11.6 Å². The van der Waals surface area contributed by atoms with Crippen molar-refractivity contribution in [3.8, 4) is 11.5 Å². The predicted octanol–water partition coefficient (Wildman–Crippen LogP) is 4.18. The zero-order valence-electron chi connectivity index (χ0n) is 14.5. The van der Waals surface area contributed by atoms with Gasteiger partial charge in [-0.1, -0.05) is 0 Å². The second-order valence-corrected chi connectivity index (χ2v) is 5.65. The third-order valence-corrected chi connectivity index (χ3v) is 3.79. The Morgan fingerprint density at radius 2 is 1.96 bits per heavy atom. The Morgan fingerprint density at radius 1 is 1.19 bits per heavy atom. The smallest absolute Gasteiger partial charge is 0.265 e. The number of amides is 1. The van der Waals surface area contributed by atoms with Crippen molar-refractivity contribution in [2.24, 2.45) is 0 Å². The third kappa shape index (κ3) is 3.91. The van der Waals surface area contributed by atoms with Crippen LogP contribution in [-0.2, 0) is 4.79 Å². The van der Waals surface area contributed by atoms with Gasteiger partial charge in [0.25, 0.3) is 5.91 Å².